The van der Waals surface area contributed by atoms with Crippen molar-refractivity contribution in [2.45, 2.75) is 12.6 Å². The predicted octanol–water partition coefficient (Wildman–Crippen LogP) is 1.25. The van der Waals surface area contributed by atoms with Crippen molar-refractivity contribution in [2.75, 3.05) is 27.7 Å². The van der Waals surface area contributed by atoms with E-state index in [-0.39, 0.29) is 6.04 Å². The summed E-state index contributed by atoms with van der Waals surface area (Å²) in [6, 6.07) is 0.0234. The summed E-state index contributed by atoms with van der Waals surface area (Å²) in [7, 11) is 8.04. The van der Waals surface area contributed by atoms with Crippen molar-refractivity contribution in [3.8, 4) is 0 Å². The quantitative estimate of drug-likeness (QED) is 0.859. The highest BCUT2D eigenvalue weighted by Gasteiger charge is 2.22. The van der Waals surface area contributed by atoms with Crippen LogP contribution in [0.3, 0.4) is 0 Å². The second-order valence-corrected chi connectivity index (χ2v) is 5.94. The van der Waals surface area contributed by atoms with E-state index in [2.05, 4.69) is 50.3 Å². The number of hydrogen-bond acceptors (Lipinski definition) is 4. The van der Waals surface area contributed by atoms with Gasteiger partial charge in [-0.2, -0.15) is 5.10 Å². The lowest BCUT2D eigenvalue weighted by Crippen LogP contribution is -2.25. The van der Waals surface area contributed by atoms with Gasteiger partial charge >= 0.3 is 0 Å². The van der Waals surface area contributed by atoms with E-state index in [1.165, 1.54) is 0 Å². The summed E-state index contributed by atoms with van der Waals surface area (Å²) >= 11 is 3.60. The Hall–Kier alpha value is -1.18. The van der Waals surface area contributed by atoms with Crippen LogP contribution in [0.15, 0.2) is 23.2 Å². The first kappa shape index (κ1) is 15.2. The highest BCUT2D eigenvalue weighted by atomic mass is 79.9. The molecule has 2 heterocycles. The number of hydrogen-bond donors (Lipinski definition) is 1. The third-order valence-corrected chi connectivity index (χ3v) is 3.79. The molecule has 1 unspecified atom stereocenters. The van der Waals surface area contributed by atoms with Crippen molar-refractivity contribution in [1.82, 2.24) is 29.5 Å². The van der Waals surface area contributed by atoms with Crippen molar-refractivity contribution in [1.29, 1.82) is 0 Å². The van der Waals surface area contributed by atoms with Gasteiger partial charge in [-0.25, -0.2) is 4.98 Å². The first-order valence-corrected chi connectivity index (χ1v) is 7.33. The summed E-state index contributed by atoms with van der Waals surface area (Å²) in [5.41, 5.74) is 2.09. The second kappa shape index (κ2) is 6.51. The molecule has 7 heteroatoms. The first-order chi connectivity index (χ1) is 9.52. The van der Waals surface area contributed by atoms with Crippen molar-refractivity contribution in [3.63, 3.8) is 0 Å². The molecule has 0 aliphatic heterocycles. The first-order valence-electron chi connectivity index (χ1n) is 6.54. The number of aryl methyl sites for hydroxylation is 1. The van der Waals surface area contributed by atoms with E-state index in [0.29, 0.717) is 0 Å². The number of imidazole rings is 1. The largest absolute Gasteiger partial charge is 0.340 e. The third-order valence-electron chi connectivity index (χ3n) is 3.17. The number of nitrogens with zero attached hydrogens (tertiary/aromatic N) is 5. The van der Waals surface area contributed by atoms with Crippen LogP contribution in [0, 0.1) is 0 Å². The van der Waals surface area contributed by atoms with Gasteiger partial charge in [-0.3, -0.25) is 4.68 Å². The van der Waals surface area contributed by atoms with E-state index in [1.807, 2.05) is 42.1 Å². The van der Waals surface area contributed by atoms with Crippen LogP contribution in [0.2, 0.25) is 0 Å². The molecule has 0 spiro atoms. The van der Waals surface area contributed by atoms with Gasteiger partial charge in [0.15, 0.2) is 0 Å². The fourth-order valence-corrected chi connectivity index (χ4v) is 2.66. The molecule has 1 N–H and O–H groups in total. The number of nitrogens with one attached hydrogen (secondary N) is 1. The number of aromatic nitrogens is 4. The zero-order valence-electron chi connectivity index (χ0n) is 12.3. The van der Waals surface area contributed by atoms with Crippen molar-refractivity contribution < 1.29 is 0 Å². The summed E-state index contributed by atoms with van der Waals surface area (Å²) in [5, 5.41) is 7.78. The van der Waals surface area contributed by atoms with E-state index in [0.717, 1.165) is 29.0 Å². The van der Waals surface area contributed by atoms with Crippen molar-refractivity contribution in [2.24, 2.45) is 7.05 Å². The summed E-state index contributed by atoms with van der Waals surface area (Å²) in [4.78, 5) is 6.60. The minimum atomic E-state index is 0.0234. The van der Waals surface area contributed by atoms with Crippen LogP contribution >= 0.6 is 15.9 Å². The normalized spacial score (nSPS) is 13.1. The zero-order valence-corrected chi connectivity index (χ0v) is 13.9. The molecule has 1 atom stereocenters. The maximum atomic E-state index is 4.46. The van der Waals surface area contributed by atoms with E-state index in [1.54, 1.807) is 0 Å². The van der Waals surface area contributed by atoms with Gasteiger partial charge in [0.2, 0.25) is 0 Å². The van der Waals surface area contributed by atoms with Gasteiger partial charge in [0, 0.05) is 19.8 Å². The summed E-state index contributed by atoms with van der Waals surface area (Å²) in [5.74, 6) is 0. The molecule has 0 saturated carbocycles. The van der Waals surface area contributed by atoms with Gasteiger partial charge in [-0.15, -0.1) is 0 Å². The maximum Gasteiger partial charge on any atom is 0.0947 e. The van der Waals surface area contributed by atoms with Gasteiger partial charge in [0.1, 0.15) is 0 Å². The van der Waals surface area contributed by atoms with Crippen LogP contribution in [-0.2, 0) is 13.6 Å². The Morgan fingerprint density at radius 1 is 1.45 bits per heavy atom. The van der Waals surface area contributed by atoms with Crippen LogP contribution in [0.4, 0.5) is 0 Å². The Balaban J connectivity index is 2.31. The van der Waals surface area contributed by atoms with E-state index in [9.17, 15) is 0 Å². The van der Waals surface area contributed by atoms with E-state index >= 15 is 0 Å². The summed E-state index contributed by atoms with van der Waals surface area (Å²) in [6.07, 6.45) is 5.68. The Bertz CT molecular complexity index is 559. The standard InChI is InChI=1S/C13H21BrN6/c1-15-12(11-8-19(4)9-16-11)13-10(14)7-17-20(13)6-5-18(2)3/h7-9,12,15H,5-6H2,1-4H3. The zero-order chi connectivity index (χ0) is 14.7. The second-order valence-electron chi connectivity index (χ2n) is 5.09. The smallest absolute Gasteiger partial charge is 0.0947 e. The maximum absolute atomic E-state index is 4.46. The molecule has 20 heavy (non-hydrogen) atoms. The molecule has 0 saturated heterocycles. The van der Waals surface area contributed by atoms with Gasteiger partial charge in [-0.05, 0) is 37.1 Å². The van der Waals surface area contributed by atoms with Crippen LogP contribution in [0.5, 0.6) is 0 Å². The Labute approximate surface area is 127 Å². The molecular weight excluding hydrogens is 320 g/mol. The SMILES string of the molecule is CNC(c1cn(C)cn1)c1c(Br)cnn1CCN(C)C. The van der Waals surface area contributed by atoms with Gasteiger partial charge in [0.25, 0.3) is 0 Å². The molecule has 110 valence electrons. The molecule has 2 aromatic rings. The number of halogens is 1. The third kappa shape index (κ3) is 3.28. The molecular formula is C13H21BrN6. The average molecular weight is 341 g/mol. The fraction of sp³-hybridized carbons (Fsp3) is 0.538. The molecule has 0 amide bonds. The predicted molar refractivity (Wildman–Crippen MR) is 82.6 cm³/mol. The lowest BCUT2D eigenvalue weighted by atomic mass is 10.1. The molecule has 0 fully saturated rings. The van der Waals surface area contributed by atoms with Gasteiger partial charge in [-0.1, -0.05) is 0 Å². The Kier molecular flexibility index (Phi) is 4.95. The minimum Gasteiger partial charge on any atom is -0.340 e. The van der Waals surface area contributed by atoms with Crippen LogP contribution in [-0.4, -0.2) is 51.9 Å². The van der Waals surface area contributed by atoms with Crippen LogP contribution in [0.25, 0.3) is 0 Å². The van der Waals surface area contributed by atoms with Gasteiger partial charge in [0.05, 0.1) is 41.0 Å². The minimum absolute atomic E-state index is 0.0234. The molecule has 6 nitrogen and oxygen atoms in total. The number of rotatable bonds is 6. The topological polar surface area (TPSA) is 50.9 Å². The summed E-state index contributed by atoms with van der Waals surface area (Å²) in [6.45, 7) is 1.79. The molecule has 2 rings (SSSR count). The molecule has 0 bridgehead atoms. The fourth-order valence-electron chi connectivity index (χ4n) is 2.14. The monoisotopic (exact) mass is 340 g/mol. The average Bonchev–Trinajstić information content (AvgIpc) is 2.97. The molecule has 0 aromatic carbocycles. The van der Waals surface area contributed by atoms with E-state index in [4.69, 9.17) is 0 Å². The van der Waals surface area contributed by atoms with E-state index < -0.39 is 0 Å². The molecule has 2 aromatic heterocycles. The Morgan fingerprint density at radius 2 is 2.20 bits per heavy atom. The summed E-state index contributed by atoms with van der Waals surface area (Å²) < 4.78 is 4.98. The Morgan fingerprint density at radius 3 is 2.75 bits per heavy atom. The highest BCUT2D eigenvalue weighted by Crippen LogP contribution is 2.27. The lowest BCUT2D eigenvalue weighted by Gasteiger charge is -2.18. The highest BCUT2D eigenvalue weighted by molar-refractivity contribution is 9.10. The van der Waals surface area contributed by atoms with Gasteiger partial charge < -0.3 is 14.8 Å². The number of likely N-dealkylation sites (N-methyl/N-ethyl adjacent to an activating group) is 1. The van der Waals surface area contributed by atoms with Crippen molar-refractivity contribution >= 4 is 15.9 Å². The molecule has 0 radical (unpaired) electrons. The molecule has 0 aliphatic carbocycles. The van der Waals surface area contributed by atoms with Crippen LogP contribution < -0.4 is 5.32 Å². The molecule has 0 aliphatic rings. The van der Waals surface area contributed by atoms with Crippen LogP contribution in [0.1, 0.15) is 17.4 Å². The lowest BCUT2D eigenvalue weighted by molar-refractivity contribution is 0.366. The van der Waals surface area contributed by atoms with Crippen molar-refractivity contribution in [3.05, 3.63) is 34.6 Å².